The highest BCUT2D eigenvalue weighted by molar-refractivity contribution is 7.80. The molecule has 4 saturated carbocycles. The summed E-state index contributed by atoms with van der Waals surface area (Å²) in [7, 11) is 0. The lowest BCUT2D eigenvalue weighted by atomic mass is 9.54. The van der Waals surface area contributed by atoms with Gasteiger partial charge in [-0.05, 0) is 92.6 Å². The quantitative estimate of drug-likeness (QED) is 0.715. The molecule has 0 radical (unpaired) electrons. The van der Waals surface area contributed by atoms with E-state index in [9.17, 15) is 0 Å². The van der Waals surface area contributed by atoms with Crippen molar-refractivity contribution < 1.29 is 0 Å². The van der Waals surface area contributed by atoms with Crippen molar-refractivity contribution in [2.75, 3.05) is 31.5 Å². The van der Waals surface area contributed by atoms with Crippen LogP contribution in [0.4, 0.5) is 5.69 Å². The minimum atomic E-state index is 0.787. The number of piperazine rings is 1. The number of hydrogen-bond acceptors (Lipinski definition) is 2. The summed E-state index contributed by atoms with van der Waals surface area (Å²) >= 11 is 12.0. The lowest BCUT2D eigenvalue weighted by molar-refractivity contribution is -0.0726. The van der Waals surface area contributed by atoms with Gasteiger partial charge in [0, 0.05) is 42.9 Å². The van der Waals surface area contributed by atoms with Crippen LogP contribution in [0.15, 0.2) is 18.2 Å². The van der Waals surface area contributed by atoms with Crippen LogP contribution >= 0.6 is 23.8 Å². The molecular weight excluding hydrogens is 374 g/mol. The Bertz CT molecular complexity index is 700. The molecule has 0 amide bonds. The van der Waals surface area contributed by atoms with Gasteiger partial charge in [0.2, 0.25) is 0 Å². The van der Waals surface area contributed by atoms with E-state index in [2.05, 4.69) is 21.2 Å². The largest absolute Gasteiger partial charge is 0.346 e. The number of anilines is 1. The number of nitrogens with one attached hydrogen (secondary N) is 1. The van der Waals surface area contributed by atoms with Gasteiger partial charge in [-0.1, -0.05) is 17.7 Å². The fourth-order valence-corrected chi connectivity index (χ4v) is 7.12. The normalized spacial score (nSPS) is 35.5. The third-order valence-corrected chi connectivity index (χ3v) is 8.48. The molecule has 0 spiro atoms. The van der Waals surface area contributed by atoms with Crippen LogP contribution in [0.25, 0.3) is 0 Å². The summed E-state index contributed by atoms with van der Waals surface area (Å²) in [4.78, 5) is 5.15. The van der Waals surface area contributed by atoms with Gasteiger partial charge in [-0.2, -0.15) is 0 Å². The fourth-order valence-electron chi connectivity index (χ4n) is 6.65. The van der Waals surface area contributed by atoms with Crippen LogP contribution in [0.5, 0.6) is 0 Å². The smallest absolute Gasteiger partial charge is 0.173 e. The van der Waals surface area contributed by atoms with Crippen molar-refractivity contribution in [2.24, 2.45) is 23.7 Å². The zero-order valence-corrected chi connectivity index (χ0v) is 17.7. The highest BCUT2D eigenvalue weighted by atomic mass is 35.5. The van der Waals surface area contributed by atoms with Crippen LogP contribution in [-0.2, 0) is 0 Å². The van der Waals surface area contributed by atoms with Gasteiger partial charge in [-0.3, -0.25) is 4.90 Å². The van der Waals surface area contributed by atoms with Gasteiger partial charge in [0.1, 0.15) is 0 Å². The number of thiocarbonyl (C=S) groups is 1. The molecule has 1 aliphatic heterocycles. The van der Waals surface area contributed by atoms with E-state index in [-0.39, 0.29) is 0 Å². The topological polar surface area (TPSA) is 18.5 Å². The van der Waals surface area contributed by atoms with Crippen LogP contribution in [0.2, 0.25) is 5.02 Å². The number of nitrogens with zero attached hydrogens (tertiary/aromatic N) is 2. The average Bonchev–Trinajstić information content (AvgIpc) is 2.65. The molecule has 146 valence electrons. The fraction of sp³-hybridized carbons (Fsp3) is 0.682. The molecule has 3 nitrogen and oxygen atoms in total. The maximum absolute atomic E-state index is 6.24. The zero-order chi connectivity index (χ0) is 18.5. The molecule has 4 bridgehead atoms. The number of halogens is 1. The lowest BCUT2D eigenvalue weighted by Crippen LogP contribution is -2.60. The van der Waals surface area contributed by atoms with Crippen LogP contribution in [-0.4, -0.2) is 47.1 Å². The summed E-state index contributed by atoms with van der Waals surface area (Å²) in [6.45, 7) is 6.42. The Morgan fingerprint density at radius 3 is 2.26 bits per heavy atom. The minimum Gasteiger partial charge on any atom is -0.346 e. The van der Waals surface area contributed by atoms with Crippen molar-refractivity contribution in [3.8, 4) is 0 Å². The number of benzene rings is 1. The molecule has 5 fully saturated rings. The first-order chi connectivity index (χ1) is 13.1. The molecule has 27 heavy (non-hydrogen) atoms. The number of rotatable bonds is 2. The molecule has 0 unspecified atom stereocenters. The van der Waals surface area contributed by atoms with Gasteiger partial charge in [0.25, 0.3) is 0 Å². The van der Waals surface area contributed by atoms with Gasteiger partial charge in [-0.25, -0.2) is 0 Å². The van der Waals surface area contributed by atoms with E-state index in [1.54, 1.807) is 0 Å². The molecule has 1 saturated heterocycles. The summed E-state index contributed by atoms with van der Waals surface area (Å²) in [5.41, 5.74) is 2.09. The van der Waals surface area contributed by atoms with E-state index in [0.717, 1.165) is 77.3 Å². The maximum atomic E-state index is 6.24. The highest BCUT2D eigenvalue weighted by Gasteiger charge is 2.50. The first-order valence-electron chi connectivity index (χ1n) is 10.6. The molecule has 5 aliphatic rings. The first kappa shape index (κ1) is 18.2. The van der Waals surface area contributed by atoms with Gasteiger partial charge < -0.3 is 10.2 Å². The Balaban J connectivity index is 1.19. The van der Waals surface area contributed by atoms with Gasteiger partial charge in [0.15, 0.2) is 5.11 Å². The molecule has 5 heteroatoms. The maximum Gasteiger partial charge on any atom is 0.173 e. The summed E-state index contributed by atoms with van der Waals surface area (Å²) in [6, 6.07) is 6.81. The summed E-state index contributed by atoms with van der Waals surface area (Å²) in [5, 5.41) is 5.05. The molecule has 0 aromatic heterocycles. The van der Waals surface area contributed by atoms with E-state index in [1.165, 1.54) is 32.1 Å². The Morgan fingerprint density at radius 1 is 1.00 bits per heavy atom. The van der Waals surface area contributed by atoms with Crippen molar-refractivity contribution in [2.45, 2.75) is 45.1 Å². The lowest BCUT2D eigenvalue weighted by Gasteiger charge is -2.58. The summed E-state index contributed by atoms with van der Waals surface area (Å²) < 4.78 is 0. The average molecular weight is 404 g/mol. The third-order valence-electron chi connectivity index (χ3n) is 7.71. The first-order valence-corrected chi connectivity index (χ1v) is 11.4. The van der Waals surface area contributed by atoms with E-state index in [0.29, 0.717) is 0 Å². The van der Waals surface area contributed by atoms with E-state index >= 15 is 0 Å². The van der Waals surface area contributed by atoms with Gasteiger partial charge >= 0.3 is 0 Å². The minimum absolute atomic E-state index is 0.787. The number of hydrogen-bond donors (Lipinski definition) is 1. The van der Waals surface area contributed by atoms with Crippen LogP contribution < -0.4 is 5.32 Å². The highest BCUT2D eigenvalue weighted by Crippen LogP contribution is 2.55. The Kier molecular flexibility index (Phi) is 4.86. The predicted molar refractivity (Wildman–Crippen MR) is 116 cm³/mol. The predicted octanol–water partition coefficient (Wildman–Crippen LogP) is 4.79. The molecule has 1 aromatic carbocycles. The molecule has 1 heterocycles. The summed E-state index contributed by atoms with van der Waals surface area (Å²) in [6.07, 6.45) is 7.56. The van der Waals surface area contributed by atoms with E-state index in [4.69, 9.17) is 23.8 Å². The van der Waals surface area contributed by atoms with Crippen LogP contribution in [0.3, 0.4) is 0 Å². The SMILES string of the molecule is Cc1c(Cl)cccc1NC(=S)N1CCN(C2C3CC4CC(C3)CC2C4)CC1. The second-order valence-electron chi connectivity index (χ2n) is 9.29. The second-order valence-corrected chi connectivity index (χ2v) is 10.1. The molecule has 0 atom stereocenters. The Labute approximate surface area is 173 Å². The Hall–Kier alpha value is -0.840. The molecule has 4 aliphatic carbocycles. The van der Waals surface area contributed by atoms with Crippen LogP contribution in [0, 0.1) is 30.6 Å². The van der Waals surface area contributed by atoms with E-state index in [1.807, 2.05) is 19.1 Å². The molecule has 1 aromatic rings. The monoisotopic (exact) mass is 403 g/mol. The Morgan fingerprint density at radius 2 is 1.63 bits per heavy atom. The van der Waals surface area contributed by atoms with E-state index < -0.39 is 0 Å². The van der Waals surface area contributed by atoms with Gasteiger partial charge in [0.05, 0.1) is 0 Å². The van der Waals surface area contributed by atoms with Crippen molar-refractivity contribution in [3.05, 3.63) is 28.8 Å². The van der Waals surface area contributed by atoms with Crippen molar-refractivity contribution in [1.29, 1.82) is 0 Å². The second kappa shape index (κ2) is 7.20. The van der Waals surface area contributed by atoms with Gasteiger partial charge in [-0.15, -0.1) is 0 Å². The van der Waals surface area contributed by atoms with Crippen molar-refractivity contribution in [1.82, 2.24) is 9.80 Å². The molecule has 6 rings (SSSR count). The summed E-state index contributed by atoms with van der Waals surface area (Å²) in [5.74, 6) is 4.07. The zero-order valence-electron chi connectivity index (χ0n) is 16.2. The molecular formula is C22H30ClN3S. The van der Waals surface area contributed by atoms with Crippen LogP contribution in [0.1, 0.15) is 37.7 Å². The van der Waals surface area contributed by atoms with Crippen molar-refractivity contribution >= 4 is 34.6 Å². The third kappa shape index (κ3) is 3.38. The molecule has 1 N–H and O–H groups in total. The van der Waals surface area contributed by atoms with Crippen molar-refractivity contribution in [3.63, 3.8) is 0 Å². The standard InChI is InChI=1S/C22H30ClN3S/c1-14-19(23)3-2-4-20(14)24-22(27)26-7-5-25(6-8-26)21-17-10-15-9-16(12-17)13-18(21)11-15/h2-4,15-18,21H,5-13H2,1H3,(H,24,27).